The van der Waals surface area contributed by atoms with Gasteiger partial charge in [-0.3, -0.25) is 0 Å². The van der Waals surface area contributed by atoms with Gasteiger partial charge in [0, 0.05) is 38.6 Å². The lowest BCUT2D eigenvalue weighted by molar-refractivity contribution is 0.668. The largest absolute Gasteiger partial charge is 0.456 e. The van der Waals surface area contributed by atoms with Gasteiger partial charge in [-0.05, 0) is 146 Å². The van der Waals surface area contributed by atoms with Gasteiger partial charge in [-0.15, -0.1) is 0 Å². The van der Waals surface area contributed by atoms with E-state index in [1.165, 1.54) is 33.4 Å². The maximum atomic E-state index is 6.24. The predicted octanol–water partition coefficient (Wildman–Crippen LogP) is 18.3. The van der Waals surface area contributed by atoms with Crippen molar-refractivity contribution < 1.29 is 8.83 Å². The summed E-state index contributed by atoms with van der Waals surface area (Å²) >= 11 is 0. The molecular formula is C67H43NO2. The minimum absolute atomic E-state index is 0.484. The molecule has 0 fully saturated rings. The van der Waals surface area contributed by atoms with Crippen LogP contribution in [0.15, 0.2) is 270 Å². The molecule has 0 bridgehead atoms. The van der Waals surface area contributed by atoms with Gasteiger partial charge in [-0.25, -0.2) is 0 Å². The number of hydrogen-bond donors (Lipinski definition) is 0. The highest BCUT2D eigenvalue weighted by Gasteiger charge is 2.46. The first-order valence-corrected chi connectivity index (χ1v) is 24.0. The van der Waals surface area contributed by atoms with Crippen molar-refractivity contribution in [3.8, 4) is 44.5 Å². The second kappa shape index (κ2) is 16.0. The zero-order valence-corrected chi connectivity index (χ0v) is 38.1. The number of rotatable bonds is 8. The lowest BCUT2D eigenvalue weighted by Gasteiger charge is -2.34. The molecule has 14 rings (SSSR count). The minimum Gasteiger partial charge on any atom is -0.456 e. The van der Waals surface area contributed by atoms with Gasteiger partial charge in [0.2, 0.25) is 0 Å². The summed E-state index contributed by atoms with van der Waals surface area (Å²) in [6.45, 7) is 0. The van der Waals surface area contributed by atoms with Crippen molar-refractivity contribution in [1.82, 2.24) is 0 Å². The fourth-order valence-corrected chi connectivity index (χ4v) is 11.3. The van der Waals surface area contributed by atoms with Crippen molar-refractivity contribution in [3.05, 3.63) is 283 Å². The first kappa shape index (κ1) is 39.9. The van der Waals surface area contributed by atoms with Crippen molar-refractivity contribution in [2.45, 2.75) is 5.41 Å². The summed E-state index contributed by atoms with van der Waals surface area (Å²) in [5.41, 5.74) is 20.8. The normalized spacial score (nSPS) is 12.7. The molecule has 3 heteroatoms. The van der Waals surface area contributed by atoms with Crippen molar-refractivity contribution >= 4 is 60.9 Å². The average Bonchev–Trinajstić information content (AvgIpc) is 4.10. The van der Waals surface area contributed by atoms with Crippen LogP contribution >= 0.6 is 0 Å². The Morgan fingerprint density at radius 3 is 1.36 bits per heavy atom. The Morgan fingerprint density at radius 1 is 0.257 bits per heavy atom. The molecule has 0 amide bonds. The quantitative estimate of drug-likeness (QED) is 0.152. The number of benzene rings is 11. The molecule has 70 heavy (non-hydrogen) atoms. The minimum atomic E-state index is -0.484. The molecule has 328 valence electrons. The van der Waals surface area contributed by atoms with Crippen LogP contribution in [0.25, 0.3) is 88.4 Å². The third-order valence-corrected chi connectivity index (χ3v) is 14.5. The highest BCUT2D eigenvalue weighted by molar-refractivity contribution is 6.07. The summed E-state index contributed by atoms with van der Waals surface area (Å²) < 4.78 is 12.4. The van der Waals surface area contributed by atoms with Gasteiger partial charge in [0.05, 0.1) is 5.41 Å². The standard InChI is InChI=1S/C67H43NO2/c1-3-18-50(19-4-1)67(51-20-5-2-6-21-51)61-26-10-7-23-55(61)58-43-54(35-36-62(58)67)68(53-22-14-17-47(40-53)49-32-38-66-60(42-49)57-25-9-12-28-64(57)70-66)52-33-29-44(30-34-52)45-15-13-16-46(39-45)48-31-37-65-59(41-48)56-24-8-11-27-63(56)69-65/h1-43H. The molecule has 13 aromatic rings. The Balaban J connectivity index is 0.907. The highest BCUT2D eigenvalue weighted by atomic mass is 16.3. The maximum Gasteiger partial charge on any atom is 0.135 e. The third-order valence-electron chi connectivity index (χ3n) is 14.5. The zero-order chi connectivity index (χ0) is 46.2. The molecule has 0 unspecified atom stereocenters. The average molecular weight is 894 g/mol. The number of nitrogens with zero attached hydrogens (tertiary/aromatic N) is 1. The van der Waals surface area contributed by atoms with Gasteiger partial charge in [0.15, 0.2) is 0 Å². The second-order valence-electron chi connectivity index (χ2n) is 18.4. The molecule has 0 N–H and O–H groups in total. The van der Waals surface area contributed by atoms with E-state index in [4.69, 9.17) is 8.83 Å². The van der Waals surface area contributed by atoms with Crippen LogP contribution in [0.1, 0.15) is 22.3 Å². The van der Waals surface area contributed by atoms with E-state index in [-0.39, 0.29) is 0 Å². The Kier molecular flexibility index (Phi) is 9.11. The van der Waals surface area contributed by atoms with E-state index in [1.54, 1.807) is 0 Å². The summed E-state index contributed by atoms with van der Waals surface area (Å²) in [4.78, 5) is 2.41. The monoisotopic (exact) mass is 893 g/mol. The number of anilines is 3. The fraction of sp³-hybridized carbons (Fsp3) is 0.0149. The molecule has 2 aromatic heterocycles. The molecule has 0 saturated carbocycles. The van der Waals surface area contributed by atoms with Crippen molar-refractivity contribution in [2.24, 2.45) is 0 Å². The summed E-state index contributed by atoms with van der Waals surface area (Å²) in [5, 5.41) is 4.50. The van der Waals surface area contributed by atoms with Gasteiger partial charge in [0.25, 0.3) is 0 Å². The summed E-state index contributed by atoms with van der Waals surface area (Å²) in [5.74, 6) is 0. The number of fused-ring (bicyclic) bond motifs is 9. The molecule has 0 aliphatic heterocycles. The van der Waals surface area contributed by atoms with Gasteiger partial charge < -0.3 is 13.7 Å². The smallest absolute Gasteiger partial charge is 0.135 e. The second-order valence-corrected chi connectivity index (χ2v) is 18.4. The molecule has 0 atom stereocenters. The van der Waals surface area contributed by atoms with E-state index in [9.17, 15) is 0 Å². The van der Waals surface area contributed by atoms with E-state index in [2.05, 4.69) is 241 Å². The number of para-hydroxylation sites is 2. The van der Waals surface area contributed by atoms with Crippen LogP contribution in [0.4, 0.5) is 17.1 Å². The molecule has 1 aliphatic carbocycles. The Labute approximate surface area is 405 Å². The van der Waals surface area contributed by atoms with E-state index in [0.29, 0.717) is 0 Å². The molecule has 3 nitrogen and oxygen atoms in total. The van der Waals surface area contributed by atoms with Crippen LogP contribution in [0, 0.1) is 0 Å². The van der Waals surface area contributed by atoms with Crippen molar-refractivity contribution in [3.63, 3.8) is 0 Å². The van der Waals surface area contributed by atoms with E-state index in [0.717, 1.165) is 94.3 Å². The van der Waals surface area contributed by atoms with Crippen molar-refractivity contribution in [1.29, 1.82) is 0 Å². The van der Waals surface area contributed by atoms with Gasteiger partial charge in [0.1, 0.15) is 22.3 Å². The zero-order valence-electron chi connectivity index (χ0n) is 38.1. The van der Waals surface area contributed by atoms with Crippen LogP contribution < -0.4 is 4.90 Å². The maximum absolute atomic E-state index is 6.24. The van der Waals surface area contributed by atoms with E-state index >= 15 is 0 Å². The topological polar surface area (TPSA) is 29.5 Å². The molecule has 0 saturated heterocycles. The Bertz CT molecular complexity index is 4090. The predicted molar refractivity (Wildman–Crippen MR) is 289 cm³/mol. The first-order chi connectivity index (χ1) is 34.7. The SMILES string of the molecule is c1ccc(C2(c3ccccc3)c3ccccc3-c3cc(N(c4ccc(-c5cccc(-c6ccc7oc8ccccc8c7c6)c5)cc4)c4cccc(-c5ccc6oc7ccccc7c6c5)c4)ccc32)cc1. The van der Waals surface area contributed by atoms with Crippen LogP contribution in [0.3, 0.4) is 0 Å². The van der Waals surface area contributed by atoms with Crippen LogP contribution in [-0.4, -0.2) is 0 Å². The number of furan rings is 2. The third kappa shape index (κ3) is 6.29. The molecule has 11 aromatic carbocycles. The van der Waals surface area contributed by atoms with Crippen molar-refractivity contribution in [2.75, 3.05) is 4.90 Å². The molecular weight excluding hydrogens is 851 g/mol. The Hall–Kier alpha value is -9.18. The van der Waals surface area contributed by atoms with Crippen LogP contribution in [0.2, 0.25) is 0 Å². The Morgan fingerprint density at radius 2 is 0.714 bits per heavy atom. The fourth-order valence-electron chi connectivity index (χ4n) is 11.3. The lowest BCUT2D eigenvalue weighted by atomic mass is 9.68. The van der Waals surface area contributed by atoms with Gasteiger partial charge in [-0.2, -0.15) is 0 Å². The summed E-state index contributed by atoms with van der Waals surface area (Å²) in [6, 6.07) is 94.5. The van der Waals surface area contributed by atoms with Gasteiger partial charge >= 0.3 is 0 Å². The number of hydrogen-bond acceptors (Lipinski definition) is 3. The van der Waals surface area contributed by atoms with Crippen LogP contribution in [0.5, 0.6) is 0 Å². The molecule has 2 heterocycles. The lowest BCUT2D eigenvalue weighted by Crippen LogP contribution is -2.28. The van der Waals surface area contributed by atoms with E-state index in [1.807, 2.05) is 24.3 Å². The first-order valence-electron chi connectivity index (χ1n) is 24.0. The summed E-state index contributed by atoms with van der Waals surface area (Å²) in [7, 11) is 0. The van der Waals surface area contributed by atoms with E-state index < -0.39 is 5.41 Å². The molecule has 1 aliphatic rings. The van der Waals surface area contributed by atoms with Crippen LogP contribution in [-0.2, 0) is 5.41 Å². The highest BCUT2D eigenvalue weighted by Crippen LogP contribution is 2.57. The summed E-state index contributed by atoms with van der Waals surface area (Å²) in [6.07, 6.45) is 0. The molecule has 0 radical (unpaired) electrons. The molecule has 0 spiro atoms. The van der Waals surface area contributed by atoms with Gasteiger partial charge in [-0.1, -0.05) is 182 Å².